The van der Waals surface area contributed by atoms with Gasteiger partial charge in [-0.1, -0.05) is 54.6 Å². The lowest BCUT2D eigenvalue weighted by Crippen LogP contribution is -2.50. The highest BCUT2D eigenvalue weighted by Gasteiger charge is 2.24. The van der Waals surface area contributed by atoms with E-state index >= 15 is 0 Å². The van der Waals surface area contributed by atoms with Crippen molar-refractivity contribution in [2.75, 3.05) is 37.7 Å². The molecule has 0 saturated carbocycles. The minimum absolute atomic E-state index is 0.266. The fourth-order valence-corrected chi connectivity index (χ4v) is 5.88. The van der Waals surface area contributed by atoms with Crippen molar-refractivity contribution < 1.29 is 18.7 Å². The van der Waals surface area contributed by atoms with Crippen molar-refractivity contribution >= 4 is 49.9 Å². The van der Waals surface area contributed by atoms with E-state index in [4.69, 9.17) is 9.72 Å². The van der Waals surface area contributed by atoms with Gasteiger partial charge in [0.05, 0.1) is 21.5 Å². The maximum atomic E-state index is 14.1. The van der Waals surface area contributed by atoms with Gasteiger partial charge in [-0.2, -0.15) is 0 Å². The van der Waals surface area contributed by atoms with Gasteiger partial charge in [-0.15, -0.1) is 11.3 Å². The number of thiazole rings is 1. The summed E-state index contributed by atoms with van der Waals surface area (Å²) in [4.78, 5) is 34.4. The quantitative estimate of drug-likeness (QED) is 0.273. The fourth-order valence-electron chi connectivity index (χ4n) is 4.88. The molecule has 0 atom stereocenters. The molecule has 1 aliphatic heterocycles. The smallest absolute Gasteiger partial charge is 0.339 e. The van der Waals surface area contributed by atoms with Crippen LogP contribution in [0.15, 0.2) is 84.9 Å². The molecule has 1 fully saturated rings. The van der Waals surface area contributed by atoms with Crippen LogP contribution in [0.5, 0.6) is 0 Å². The van der Waals surface area contributed by atoms with E-state index in [0.29, 0.717) is 37.4 Å². The number of halogens is 1. The van der Waals surface area contributed by atoms with Gasteiger partial charge in [-0.05, 0) is 35.7 Å². The molecule has 0 bridgehead atoms. The Morgan fingerprint density at radius 3 is 2.39 bits per heavy atom. The van der Waals surface area contributed by atoms with Crippen LogP contribution >= 0.6 is 11.3 Å². The molecule has 0 unspecified atom stereocenters. The summed E-state index contributed by atoms with van der Waals surface area (Å²) in [6, 6.07) is 25.9. The molecular weight excluding hydrogens is 501 g/mol. The number of hydrogen-bond acceptors (Lipinski definition) is 6. The van der Waals surface area contributed by atoms with E-state index in [1.807, 2.05) is 59.5 Å². The Balaban J connectivity index is 1.17. The topological polar surface area (TPSA) is 62.7 Å². The number of para-hydroxylation sites is 2. The number of carbonyl (C=O) groups is 2. The van der Waals surface area contributed by atoms with Crippen LogP contribution in [0.4, 0.5) is 10.1 Å². The number of esters is 1. The largest absolute Gasteiger partial charge is 0.452 e. The first-order chi connectivity index (χ1) is 18.6. The second-order valence-electron chi connectivity index (χ2n) is 9.09. The lowest BCUT2D eigenvalue weighted by atomic mass is 9.99. The molecular formula is C30H24FN3O3S. The van der Waals surface area contributed by atoms with Crippen LogP contribution in [0.2, 0.25) is 0 Å². The minimum Gasteiger partial charge on any atom is -0.452 e. The Labute approximate surface area is 222 Å². The van der Waals surface area contributed by atoms with Crippen LogP contribution in [-0.4, -0.2) is 54.5 Å². The van der Waals surface area contributed by atoms with Crippen molar-refractivity contribution in [1.29, 1.82) is 0 Å². The molecule has 190 valence electrons. The molecule has 8 heteroatoms. The Kier molecular flexibility index (Phi) is 6.47. The molecule has 1 aromatic heterocycles. The van der Waals surface area contributed by atoms with Crippen LogP contribution in [0, 0.1) is 5.82 Å². The van der Waals surface area contributed by atoms with Crippen LogP contribution in [0.3, 0.4) is 0 Å². The molecule has 5 aromatic rings. The lowest BCUT2D eigenvalue weighted by Gasteiger charge is -2.36. The summed E-state index contributed by atoms with van der Waals surface area (Å²) in [5, 5.41) is 2.47. The predicted octanol–water partition coefficient (Wildman–Crippen LogP) is 5.76. The Hall–Kier alpha value is -4.30. The first-order valence-electron chi connectivity index (χ1n) is 12.4. The van der Waals surface area contributed by atoms with Crippen LogP contribution < -0.4 is 4.90 Å². The van der Waals surface area contributed by atoms with Crippen molar-refractivity contribution in [2.45, 2.75) is 0 Å². The van der Waals surface area contributed by atoms with Crippen molar-refractivity contribution in [3.8, 4) is 10.6 Å². The number of ether oxygens (including phenoxy) is 1. The summed E-state index contributed by atoms with van der Waals surface area (Å²) in [7, 11) is 0. The highest BCUT2D eigenvalue weighted by atomic mass is 32.1. The van der Waals surface area contributed by atoms with Crippen molar-refractivity contribution in [3.63, 3.8) is 0 Å². The van der Waals surface area contributed by atoms with Gasteiger partial charge in [0.1, 0.15) is 10.8 Å². The van der Waals surface area contributed by atoms with E-state index in [9.17, 15) is 14.0 Å². The Bertz CT molecular complexity index is 1620. The summed E-state index contributed by atoms with van der Waals surface area (Å²) in [5.41, 5.74) is 2.69. The summed E-state index contributed by atoms with van der Waals surface area (Å²) in [6.07, 6.45) is 0. The monoisotopic (exact) mass is 525 g/mol. The molecule has 6 rings (SSSR count). The maximum Gasteiger partial charge on any atom is 0.339 e. The van der Waals surface area contributed by atoms with E-state index in [1.54, 1.807) is 40.5 Å². The van der Waals surface area contributed by atoms with Gasteiger partial charge in [0, 0.05) is 37.1 Å². The number of nitrogens with zero attached hydrogens (tertiary/aromatic N) is 3. The van der Waals surface area contributed by atoms with E-state index in [-0.39, 0.29) is 18.3 Å². The third-order valence-corrected chi connectivity index (χ3v) is 7.87. The van der Waals surface area contributed by atoms with E-state index in [1.165, 1.54) is 6.07 Å². The number of hydrogen-bond donors (Lipinski definition) is 0. The summed E-state index contributed by atoms with van der Waals surface area (Å²) in [6.45, 7) is 1.53. The second-order valence-corrected chi connectivity index (χ2v) is 10.1. The molecule has 1 amide bonds. The number of aromatic nitrogens is 1. The normalized spacial score (nSPS) is 13.7. The third kappa shape index (κ3) is 4.59. The standard InChI is InChI=1S/C30H24FN3O3S/c31-23-11-1-3-13-25(23)33-15-17-34(18-16-33)27(35)19-37-30(36)22-10-6-8-20-7-5-9-21(28(20)22)29-32-24-12-2-4-14-26(24)38-29/h1-14H,15-19H2. The number of rotatable bonds is 5. The number of benzene rings is 4. The first-order valence-corrected chi connectivity index (χ1v) is 13.2. The van der Waals surface area contributed by atoms with Gasteiger partial charge in [0.2, 0.25) is 0 Å². The number of piperazine rings is 1. The predicted molar refractivity (Wildman–Crippen MR) is 148 cm³/mol. The average molecular weight is 526 g/mol. The summed E-state index contributed by atoms with van der Waals surface area (Å²) >= 11 is 1.57. The van der Waals surface area contributed by atoms with Crippen molar-refractivity contribution in [2.24, 2.45) is 0 Å². The maximum absolute atomic E-state index is 14.1. The zero-order valence-electron chi connectivity index (χ0n) is 20.5. The molecule has 6 nitrogen and oxygen atoms in total. The fraction of sp³-hybridized carbons (Fsp3) is 0.167. The number of amides is 1. The molecule has 0 aliphatic carbocycles. The van der Waals surface area contributed by atoms with Gasteiger partial charge in [0.25, 0.3) is 5.91 Å². The van der Waals surface area contributed by atoms with Gasteiger partial charge in [-0.3, -0.25) is 4.79 Å². The van der Waals surface area contributed by atoms with E-state index in [0.717, 1.165) is 31.6 Å². The van der Waals surface area contributed by atoms with Gasteiger partial charge < -0.3 is 14.5 Å². The van der Waals surface area contributed by atoms with E-state index in [2.05, 4.69) is 0 Å². The third-order valence-electron chi connectivity index (χ3n) is 6.80. The van der Waals surface area contributed by atoms with Crippen LogP contribution in [-0.2, 0) is 9.53 Å². The Morgan fingerprint density at radius 1 is 0.868 bits per heavy atom. The van der Waals surface area contributed by atoms with Gasteiger partial charge in [0.15, 0.2) is 6.61 Å². The molecule has 38 heavy (non-hydrogen) atoms. The lowest BCUT2D eigenvalue weighted by molar-refractivity contribution is -0.134. The molecule has 4 aromatic carbocycles. The number of anilines is 1. The SMILES string of the molecule is O=C(OCC(=O)N1CCN(c2ccccc2F)CC1)c1cccc2cccc(-c3nc4ccccc4s3)c12. The number of fused-ring (bicyclic) bond motifs is 2. The van der Waals surface area contributed by atoms with E-state index < -0.39 is 5.97 Å². The molecule has 0 radical (unpaired) electrons. The highest BCUT2D eigenvalue weighted by molar-refractivity contribution is 7.21. The highest BCUT2D eigenvalue weighted by Crippen LogP contribution is 2.36. The van der Waals surface area contributed by atoms with Gasteiger partial charge >= 0.3 is 5.97 Å². The summed E-state index contributed by atoms with van der Waals surface area (Å²) in [5.74, 6) is -1.10. The zero-order valence-corrected chi connectivity index (χ0v) is 21.3. The molecule has 0 spiro atoms. The zero-order chi connectivity index (χ0) is 26.1. The minimum atomic E-state index is -0.553. The van der Waals surface area contributed by atoms with Crippen molar-refractivity contribution in [3.05, 3.63) is 96.3 Å². The first kappa shape index (κ1) is 24.1. The van der Waals surface area contributed by atoms with Crippen LogP contribution in [0.25, 0.3) is 31.6 Å². The second kappa shape index (κ2) is 10.2. The Morgan fingerprint density at radius 2 is 1.61 bits per heavy atom. The van der Waals surface area contributed by atoms with Gasteiger partial charge in [-0.25, -0.2) is 14.2 Å². The van der Waals surface area contributed by atoms with Crippen molar-refractivity contribution in [1.82, 2.24) is 9.88 Å². The summed E-state index contributed by atoms with van der Waals surface area (Å²) < 4.78 is 20.7. The average Bonchev–Trinajstić information content (AvgIpc) is 3.40. The number of carbonyl (C=O) groups excluding carboxylic acids is 2. The molecule has 2 heterocycles. The molecule has 1 saturated heterocycles. The molecule has 1 aliphatic rings. The molecule has 0 N–H and O–H groups in total. The van der Waals surface area contributed by atoms with Crippen LogP contribution in [0.1, 0.15) is 10.4 Å².